The summed E-state index contributed by atoms with van der Waals surface area (Å²) >= 11 is 2.85. The van der Waals surface area contributed by atoms with E-state index in [0.717, 1.165) is 10.0 Å². The number of esters is 1. The zero-order valence-corrected chi connectivity index (χ0v) is 16.3. The van der Waals surface area contributed by atoms with Crippen molar-refractivity contribution in [3.05, 3.63) is 65.9 Å². The van der Waals surface area contributed by atoms with Crippen molar-refractivity contribution in [1.82, 2.24) is 19.6 Å². The summed E-state index contributed by atoms with van der Waals surface area (Å²) in [7, 11) is 1.34. The second-order valence-electron chi connectivity index (χ2n) is 5.67. The second kappa shape index (κ2) is 7.95. The molecule has 3 aromatic heterocycles. The number of pyridine rings is 1. The first-order valence-electron chi connectivity index (χ1n) is 8.16. The molecule has 3 heterocycles. The molecule has 0 bridgehead atoms. The Morgan fingerprint density at radius 2 is 2.21 bits per heavy atom. The van der Waals surface area contributed by atoms with Crippen LogP contribution in [0.3, 0.4) is 0 Å². The molecule has 0 radical (unpaired) electrons. The van der Waals surface area contributed by atoms with Crippen LogP contribution in [0, 0.1) is 5.82 Å². The Labute approximate surface area is 167 Å². The number of anilines is 2. The number of rotatable bonds is 6. The first kappa shape index (κ1) is 18.4. The number of benzene rings is 1. The molecule has 1 N–H and O–H groups in total. The number of hydrogen-bond acceptors (Lipinski definition) is 8. The summed E-state index contributed by atoms with van der Waals surface area (Å²) in [4.78, 5) is 16.4. The van der Waals surface area contributed by atoms with Crippen LogP contribution in [0.15, 0.2) is 53.1 Å². The number of ether oxygens (including phenoxy) is 1. The molecule has 1 aromatic carbocycles. The Balaban J connectivity index is 1.45. The molecule has 0 amide bonds. The fourth-order valence-electron chi connectivity index (χ4n) is 2.55. The largest absolute Gasteiger partial charge is 0.465 e. The minimum Gasteiger partial charge on any atom is -0.465 e. The molecule has 142 valence electrons. The Morgan fingerprint density at radius 3 is 3.04 bits per heavy atom. The topological polar surface area (TPSA) is 81.4 Å². The number of nitrogens with zero attached hydrogens (tertiary/aromatic N) is 4. The first-order chi connectivity index (χ1) is 13.6. The van der Waals surface area contributed by atoms with Crippen LogP contribution in [0.5, 0.6) is 0 Å². The van der Waals surface area contributed by atoms with E-state index in [9.17, 15) is 9.18 Å². The van der Waals surface area contributed by atoms with Crippen LogP contribution in [-0.4, -0.2) is 32.7 Å². The van der Waals surface area contributed by atoms with E-state index in [-0.39, 0.29) is 5.82 Å². The van der Waals surface area contributed by atoms with E-state index in [1.165, 1.54) is 42.3 Å². The van der Waals surface area contributed by atoms with Gasteiger partial charge in [-0.3, -0.25) is 0 Å². The molecular formula is C18H14FN5O2S2. The van der Waals surface area contributed by atoms with E-state index in [1.807, 2.05) is 12.4 Å². The zero-order chi connectivity index (χ0) is 19.5. The third-order valence-corrected chi connectivity index (χ3v) is 5.77. The number of imidazole rings is 1. The van der Waals surface area contributed by atoms with Gasteiger partial charge in [0.2, 0.25) is 5.13 Å². The van der Waals surface area contributed by atoms with Crippen LogP contribution < -0.4 is 5.32 Å². The van der Waals surface area contributed by atoms with Crippen molar-refractivity contribution < 1.29 is 13.9 Å². The summed E-state index contributed by atoms with van der Waals surface area (Å²) in [6.45, 7) is 0. The fraction of sp³-hybridized carbons (Fsp3) is 0.111. The van der Waals surface area contributed by atoms with Gasteiger partial charge in [0.1, 0.15) is 11.4 Å². The summed E-state index contributed by atoms with van der Waals surface area (Å²) in [5.41, 5.74) is 2.38. The molecule has 0 saturated heterocycles. The number of aromatic nitrogens is 4. The van der Waals surface area contributed by atoms with Gasteiger partial charge in [-0.15, -0.1) is 10.2 Å². The van der Waals surface area contributed by atoms with Crippen LogP contribution in [-0.2, 0) is 10.5 Å². The fourth-order valence-corrected chi connectivity index (χ4v) is 4.20. The van der Waals surface area contributed by atoms with Crippen molar-refractivity contribution in [1.29, 1.82) is 0 Å². The normalized spacial score (nSPS) is 10.9. The molecule has 28 heavy (non-hydrogen) atoms. The number of methoxy groups -OCH3 is 1. The molecule has 0 aliphatic rings. The molecule has 4 rings (SSSR count). The van der Waals surface area contributed by atoms with Crippen LogP contribution in [0.1, 0.15) is 16.1 Å². The van der Waals surface area contributed by atoms with E-state index in [4.69, 9.17) is 4.74 Å². The van der Waals surface area contributed by atoms with Gasteiger partial charge in [0.05, 0.1) is 12.8 Å². The van der Waals surface area contributed by atoms with Crippen LogP contribution in [0.2, 0.25) is 0 Å². The summed E-state index contributed by atoms with van der Waals surface area (Å²) < 4.78 is 20.6. The molecule has 10 heteroatoms. The van der Waals surface area contributed by atoms with E-state index in [2.05, 4.69) is 20.5 Å². The monoisotopic (exact) mass is 415 g/mol. The predicted molar refractivity (Wildman–Crippen MR) is 106 cm³/mol. The van der Waals surface area contributed by atoms with Crippen LogP contribution in [0.4, 0.5) is 15.2 Å². The zero-order valence-electron chi connectivity index (χ0n) is 14.6. The SMILES string of the molecule is COC(=O)c1cccn2cc(CSc3nnc(Nc4cccc(F)c4)s3)nc12. The average Bonchev–Trinajstić information content (AvgIpc) is 3.31. The maximum atomic E-state index is 13.3. The third kappa shape index (κ3) is 3.97. The Morgan fingerprint density at radius 1 is 1.32 bits per heavy atom. The van der Waals surface area contributed by atoms with Gasteiger partial charge in [-0.25, -0.2) is 14.2 Å². The number of thioether (sulfide) groups is 1. The number of carbonyl (C=O) groups is 1. The molecule has 0 fully saturated rings. The maximum absolute atomic E-state index is 13.3. The molecular weight excluding hydrogens is 401 g/mol. The van der Waals surface area contributed by atoms with Gasteiger partial charge in [-0.2, -0.15) is 0 Å². The first-order valence-corrected chi connectivity index (χ1v) is 9.96. The van der Waals surface area contributed by atoms with Crippen molar-refractivity contribution in [2.45, 2.75) is 10.1 Å². The molecule has 7 nitrogen and oxygen atoms in total. The van der Waals surface area contributed by atoms with Crippen molar-refractivity contribution in [3.63, 3.8) is 0 Å². The number of nitrogens with one attached hydrogen (secondary N) is 1. The molecule has 0 spiro atoms. The number of fused-ring (bicyclic) bond motifs is 1. The van der Waals surface area contributed by atoms with E-state index >= 15 is 0 Å². The van der Waals surface area contributed by atoms with Crippen molar-refractivity contribution in [3.8, 4) is 0 Å². The van der Waals surface area contributed by atoms with Gasteiger partial charge in [0, 0.05) is 23.8 Å². The van der Waals surface area contributed by atoms with E-state index in [0.29, 0.717) is 27.8 Å². The minimum atomic E-state index is -0.424. The molecule has 0 saturated carbocycles. The molecule has 0 aliphatic heterocycles. The Kier molecular flexibility index (Phi) is 5.22. The van der Waals surface area contributed by atoms with Gasteiger partial charge >= 0.3 is 5.97 Å². The summed E-state index contributed by atoms with van der Waals surface area (Å²) in [5.74, 6) is -0.174. The molecule has 0 aliphatic carbocycles. The average molecular weight is 415 g/mol. The second-order valence-corrected chi connectivity index (χ2v) is 7.87. The van der Waals surface area contributed by atoms with Crippen molar-refractivity contribution in [2.75, 3.05) is 12.4 Å². The summed E-state index contributed by atoms with van der Waals surface area (Å²) in [6.07, 6.45) is 3.69. The lowest BCUT2D eigenvalue weighted by Crippen LogP contribution is -2.03. The third-order valence-electron chi connectivity index (χ3n) is 3.76. The van der Waals surface area contributed by atoms with E-state index in [1.54, 1.807) is 28.7 Å². The highest BCUT2D eigenvalue weighted by Crippen LogP contribution is 2.30. The van der Waals surface area contributed by atoms with Gasteiger partial charge in [0.15, 0.2) is 9.99 Å². The molecule has 4 aromatic rings. The lowest BCUT2D eigenvalue weighted by molar-refractivity contribution is 0.0602. The quantitative estimate of drug-likeness (QED) is 0.374. The van der Waals surface area contributed by atoms with Crippen molar-refractivity contribution >= 4 is 45.5 Å². The van der Waals surface area contributed by atoms with Crippen LogP contribution in [0.25, 0.3) is 5.65 Å². The predicted octanol–water partition coefficient (Wildman–Crippen LogP) is 4.15. The summed E-state index contributed by atoms with van der Waals surface area (Å²) in [5, 5.41) is 11.8. The minimum absolute atomic E-state index is 0.317. The number of carbonyl (C=O) groups excluding carboxylic acids is 1. The lowest BCUT2D eigenvalue weighted by Gasteiger charge is -2.00. The summed E-state index contributed by atoms with van der Waals surface area (Å²) in [6, 6.07) is 9.61. The van der Waals surface area contributed by atoms with E-state index < -0.39 is 5.97 Å². The maximum Gasteiger partial charge on any atom is 0.341 e. The van der Waals surface area contributed by atoms with Gasteiger partial charge in [0.25, 0.3) is 0 Å². The lowest BCUT2D eigenvalue weighted by atomic mass is 10.3. The Hall–Kier alpha value is -2.98. The number of halogens is 1. The smallest absolute Gasteiger partial charge is 0.341 e. The van der Waals surface area contributed by atoms with Gasteiger partial charge in [-0.1, -0.05) is 29.2 Å². The number of hydrogen-bond donors (Lipinski definition) is 1. The molecule has 0 atom stereocenters. The standard InChI is InChI=1S/C18H14FN5O2S2/c1-26-16(25)14-6-3-7-24-9-13(20-15(14)24)10-27-18-23-22-17(28-18)21-12-5-2-4-11(19)8-12/h2-9H,10H2,1H3,(H,21,22). The molecule has 0 unspecified atom stereocenters. The van der Waals surface area contributed by atoms with Gasteiger partial charge < -0.3 is 14.5 Å². The van der Waals surface area contributed by atoms with Crippen LogP contribution >= 0.6 is 23.1 Å². The van der Waals surface area contributed by atoms with Crippen molar-refractivity contribution in [2.24, 2.45) is 0 Å². The highest BCUT2D eigenvalue weighted by atomic mass is 32.2. The highest BCUT2D eigenvalue weighted by molar-refractivity contribution is 8.00. The highest BCUT2D eigenvalue weighted by Gasteiger charge is 2.14. The van der Waals surface area contributed by atoms with Gasteiger partial charge in [-0.05, 0) is 30.3 Å². The Bertz CT molecular complexity index is 1140.